The molecule has 3 N–H and O–H groups in total. The van der Waals surface area contributed by atoms with Crippen LogP contribution in [-0.4, -0.2) is 43.0 Å². The summed E-state index contributed by atoms with van der Waals surface area (Å²) >= 11 is 0. The molecular formula is C12H14N4O5. The Bertz CT molecular complexity index is 579. The molecule has 21 heavy (non-hydrogen) atoms. The summed E-state index contributed by atoms with van der Waals surface area (Å²) in [5.41, 5.74) is 0.0476. The number of rotatable bonds is 4. The second kappa shape index (κ2) is 6.18. The van der Waals surface area contributed by atoms with Gasteiger partial charge in [0.15, 0.2) is 0 Å². The first kappa shape index (κ1) is 14.7. The van der Waals surface area contributed by atoms with Gasteiger partial charge >= 0.3 is 0 Å². The summed E-state index contributed by atoms with van der Waals surface area (Å²) in [5, 5.41) is 18.6. The highest BCUT2D eigenvalue weighted by atomic mass is 16.6. The van der Waals surface area contributed by atoms with Gasteiger partial charge in [-0.3, -0.25) is 25.0 Å². The molecule has 1 aliphatic rings. The monoisotopic (exact) mass is 294 g/mol. The number of hydrogen-bond acceptors (Lipinski definition) is 6. The third-order valence-corrected chi connectivity index (χ3v) is 2.98. The van der Waals surface area contributed by atoms with Crippen molar-refractivity contribution in [2.24, 2.45) is 0 Å². The number of nitro benzene ring substituents is 1. The number of carbonyl (C=O) groups is 2. The summed E-state index contributed by atoms with van der Waals surface area (Å²) in [6.07, 6.45) is 0. The number of hydrogen-bond donors (Lipinski definition) is 3. The lowest BCUT2D eigenvalue weighted by Crippen LogP contribution is -2.56. The molecule has 0 spiro atoms. The van der Waals surface area contributed by atoms with Gasteiger partial charge in [0, 0.05) is 18.7 Å². The number of non-ortho nitro benzene ring substituents is 1. The lowest BCUT2D eigenvalue weighted by molar-refractivity contribution is -0.384. The smallest absolute Gasteiger partial charge is 0.271 e. The van der Waals surface area contributed by atoms with Crippen molar-refractivity contribution in [3.05, 3.63) is 28.3 Å². The van der Waals surface area contributed by atoms with Crippen molar-refractivity contribution in [3.63, 3.8) is 0 Å². The van der Waals surface area contributed by atoms with Crippen LogP contribution in [-0.2, 0) is 9.59 Å². The highest BCUT2D eigenvalue weighted by Crippen LogP contribution is 2.28. The quantitative estimate of drug-likeness (QED) is 0.514. The van der Waals surface area contributed by atoms with Crippen LogP contribution >= 0.6 is 0 Å². The van der Waals surface area contributed by atoms with Crippen LogP contribution in [0.2, 0.25) is 0 Å². The van der Waals surface area contributed by atoms with E-state index in [-0.39, 0.29) is 30.4 Å². The van der Waals surface area contributed by atoms with E-state index in [2.05, 4.69) is 16.0 Å². The Hall–Kier alpha value is -2.68. The van der Waals surface area contributed by atoms with Crippen LogP contribution in [0.3, 0.4) is 0 Å². The maximum absolute atomic E-state index is 12.1. The predicted octanol–water partition coefficient (Wildman–Crippen LogP) is -0.370. The molecule has 1 heterocycles. The van der Waals surface area contributed by atoms with Crippen molar-refractivity contribution in [2.75, 3.05) is 25.5 Å². The molecule has 112 valence electrons. The summed E-state index contributed by atoms with van der Waals surface area (Å²) in [5.74, 6) is -0.283. The molecule has 0 aromatic heterocycles. The second-order valence-electron chi connectivity index (χ2n) is 4.37. The normalized spacial score (nSPS) is 17.8. The van der Waals surface area contributed by atoms with Gasteiger partial charge in [0.05, 0.1) is 24.3 Å². The van der Waals surface area contributed by atoms with Gasteiger partial charge in [-0.05, 0) is 6.07 Å². The Kier molecular flexibility index (Phi) is 4.33. The lowest BCUT2D eigenvalue weighted by Gasteiger charge is -2.23. The first-order valence-electron chi connectivity index (χ1n) is 6.14. The average molecular weight is 294 g/mol. The summed E-state index contributed by atoms with van der Waals surface area (Å²) in [6, 6.07) is 3.31. The summed E-state index contributed by atoms with van der Waals surface area (Å²) in [7, 11) is 1.40. The molecule has 0 bridgehead atoms. The number of benzene rings is 1. The highest BCUT2D eigenvalue weighted by Gasteiger charge is 2.25. The van der Waals surface area contributed by atoms with Crippen molar-refractivity contribution in [1.29, 1.82) is 0 Å². The van der Waals surface area contributed by atoms with E-state index in [0.717, 1.165) is 0 Å². The molecule has 1 aromatic carbocycles. The van der Waals surface area contributed by atoms with Crippen molar-refractivity contribution in [1.82, 2.24) is 10.6 Å². The van der Waals surface area contributed by atoms with Gasteiger partial charge in [-0.15, -0.1) is 0 Å². The lowest BCUT2D eigenvalue weighted by atomic mass is 10.2. The fourth-order valence-electron chi connectivity index (χ4n) is 1.88. The van der Waals surface area contributed by atoms with Crippen molar-refractivity contribution in [2.45, 2.75) is 6.04 Å². The van der Waals surface area contributed by atoms with Gasteiger partial charge in [0.1, 0.15) is 11.8 Å². The van der Waals surface area contributed by atoms with E-state index in [1.807, 2.05) is 0 Å². The van der Waals surface area contributed by atoms with Gasteiger partial charge < -0.3 is 15.4 Å². The molecule has 0 radical (unpaired) electrons. The summed E-state index contributed by atoms with van der Waals surface area (Å²) in [4.78, 5) is 33.3. The Balaban J connectivity index is 2.13. The van der Waals surface area contributed by atoms with E-state index in [1.54, 1.807) is 0 Å². The zero-order valence-electron chi connectivity index (χ0n) is 11.2. The van der Waals surface area contributed by atoms with Gasteiger partial charge in [-0.2, -0.15) is 0 Å². The second-order valence-corrected chi connectivity index (χ2v) is 4.37. The maximum Gasteiger partial charge on any atom is 0.271 e. The van der Waals surface area contributed by atoms with Crippen LogP contribution in [0.1, 0.15) is 0 Å². The Morgan fingerprint density at radius 2 is 2.29 bits per heavy atom. The SMILES string of the molecule is COc1ccc([N+](=O)[O-])cc1NC(=O)C1CNC(=O)CN1. The van der Waals surface area contributed by atoms with Gasteiger partial charge in [-0.25, -0.2) is 0 Å². The van der Waals surface area contributed by atoms with E-state index in [0.29, 0.717) is 5.75 Å². The molecule has 2 rings (SSSR count). The molecular weight excluding hydrogens is 280 g/mol. The van der Waals surface area contributed by atoms with E-state index in [9.17, 15) is 19.7 Å². The number of nitro groups is 1. The number of ether oxygens (including phenoxy) is 1. The number of carbonyl (C=O) groups excluding carboxylic acids is 2. The minimum Gasteiger partial charge on any atom is -0.495 e. The van der Waals surface area contributed by atoms with Crippen molar-refractivity contribution >= 4 is 23.2 Å². The Morgan fingerprint density at radius 1 is 1.52 bits per heavy atom. The molecule has 1 fully saturated rings. The summed E-state index contributed by atoms with van der Waals surface area (Å²) < 4.78 is 5.06. The summed E-state index contributed by atoms with van der Waals surface area (Å²) in [6.45, 7) is 0.200. The first-order chi connectivity index (χ1) is 10.0. The molecule has 0 saturated carbocycles. The van der Waals surface area contributed by atoms with E-state index in [4.69, 9.17) is 4.74 Å². The number of nitrogens with one attached hydrogen (secondary N) is 3. The number of piperazine rings is 1. The minimum absolute atomic E-state index is 0.0458. The van der Waals surface area contributed by atoms with E-state index < -0.39 is 16.9 Å². The number of methoxy groups -OCH3 is 1. The minimum atomic E-state index is -0.605. The third-order valence-electron chi connectivity index (χ3n) is 2.98. The largest absolute Gasteiger partial charge is 0.495 e. The fraction of sp³-hybridized carbons (Fsp3) is 0.333. The van der Waals surface area contributed by atoms with Crippen LogP contribution < -0.4 is 20.7 Å². The van der Waals surface area contributed by atoms with Crippen molar-refractivity contribution < 1.29 is 19.2 Å². The number of nitrogens with zero attached hydrogens (tertiary/aromatic N) is 1. The van der Waals surface area contributed by atoms with Crippen LogP contribution in [0.15, 0.2) is 18.2 Å². The molecule has 1 aliphatic heterocycles. The highest BCUT2D eigenvalue weighted by molar-refractivity contribution is 5.97. The van der Waals surface area contributed by atoms with E-state index >= 15 is 0 Å². The molecule has 9 nitrogen and oxygen atoms in total. The van der Waals surface area contributed by atoms with Gasteiger partial charge in [-0.1, -0.05) is 0 Å². The fourth-order valence-corrected chi connectivity index (χ4v) is 1.88. The molecule has 0 aliphatic carbocycles. The van der Waals surface area contributed by atoms with Gasteiger partial charge in [0.2, 0.25) is 11.8 Å². The van der Waals surface area contributed by atoms with Gasteiger partial charge in [0.25, 0.3) is 5.69 Å². The topological polar surface area (TPSA) is 123 Å². The standard InChI is InChI=1S/C12H14N4O5/c1-21-10-3-2-7(16(19)20)4-8(10)15-12(18)9-5-14-11(17)6-13-9/h2-4,9,13H,5-6H2,1H3,(H,14,17)(H,15,18). The number of amides is 2. The third kappa shape index (κ3) is 3.45. The Labute approximate surface area is 119 Å². The number of anilines is 1. The predicted molar refractivity (Wildman–Crippen MR) is 73.1 cm³/mol. The molecule has 9 heteroatoms. The zero-order chi connectivity index (χ0) is 15.4. The van der Waals surface area contributed by atoms with Crippen molar-refractivity contribution in [3.8, 4) is 5.75 Å². The average Bonchev–Trinajstić information content (AvgIpc) is 2.47. The molecule has 1 saturated heterocycles. The molecule has 2 amide bonds. The molecule has 1 aromatic rings. The molecule has 1 atom stereocenters. The van der Waals surface area contributed by atoms with Crippen LogP contribution in [0.4, 0.5) is 11.4 Å². The maximum atomic E-state index is 12.1. The Morgan fingerprint density at radius 3 is 2.86 bits per heavy atom. The molecule has 1 unspecified atom stereocenters. The first-order valence-corrected chi connectivity index (χ1v) is 6.14. The van der Waals surface area contributed by atoms with Crippen LogP contribution in [0.5, 0.6) is 5.75 Å². The zero-order valence-corrected chi connectivity index (χ0v) is 11.2. The van der Waals surface area contributed by atoms with E-state index in [1.165, 1.54) is 25.3 Å². The van der Waals surface area contributed by atoms with Crippen LogP contribution in [0.25, 0.3) is 0 Å². The van der Waals surface area contributed by atoms with Crippen LogP contribution in [0, 0.1) is 10.1 Å².